The predicted molar refractivity (Wildman–Crippen MR) is 89.5 cm³/mol. The van der Waals surface area contributed by atoms with Crippen LogP contribution in [0.3, 0.4) is 0 Å². The first-order valence-corrected chi connectivity index (χ1v) is 8.84. The summed E-state index contributed by atoms with van der Waals surface area (Å²) in [6.45, 7) is 10.7. The lowest BCUT2D eigenvalue weighted by Crippen LogP contribution is -2.54. The fourth-order valence-corrected chi connectivity index (χ4v) is 5.94. The lowest BCUT2D eigenvalue weighted by Gasteiger charge is -2.59. The monoisotopic (exact) mass is 302 g/mol. The lowest BCUT2D eigenvalue weighted by molar-refractivity contribution is -0.164. The van der Waals surface area contributed by atoms with Crippen LogP contribution >= 0.6 is 0 Å². The van der Waals surface area contributed by atoms with Crippen LogP contribution in [0.5, 0.6) is 0 Å². The van der Waals surface area contributed by atoms with Gasteiger partial charge in [0.2, 0.25) is 0 Å². The summed E-state index contributed by atoms with van der Waals surface area (Å²) in [5.41, 5.74) is 1.36. The van der Waals surface area contributed by atoms with E-state index in [-0.39, 0.29) is 10.8 Å². The van der Waals surface area contributed by atoms with E-state index in [1.807, 2.05) is 6.92 Å². The minimum absolute atomic E-state index is 0.139. The number of carboxylic acids is 1. The largest absolute Gasteiger partial charge is 0.481 e. The number of aliphatic carboxylic acids is 1. The fourth-order valence-electron chi connectivity index (χ4n) is 5.94. The molecule has 2 heteroatoms. The van der Waals surface area contributed by atoms with Gasteiger partial charge in [-0.3, -0.25) is 4.79 Å². The molecule has 0 aromatic carbocycles. The predicted octanol–water partition coefficient (Wildman–Crippen LogP) is 5.21. The van der Waals surface area contributed by atoms with Gasteiger partial charge in [0.1, 0.15) is 0 Å². The van der Waals surface area contributed by atoms with E-state index >= 15 is 0 Å². The fraction of sp³-hybridized carbons (Fsp3) is 0.750. The van der Waals surface area contributed by atoms with Gasteiger partial charge < -0.3 is 5.11 Å². The van der Waals surface area contributed by atoms with E-state index in [4.69, 9.17) is 0 Å². The van der Waals surface area contributed by atoms with Crippen LogP contribution in [0, 0.1) is 28.1 Å². The van der Waals surface area contributed by atoms with Crippen molar-refractivity contribution in [1.82, 2.24) is 0 Å². The number of hydrogen-bond acceptors (Lipinski definition) is 1. The molecular formula is C20H30O2. The van der Waals surface area contributed by atoms with Gasteiger partial charge in [-0.15, -0.1) is 6.58 Å². The van der Waals surface area contributed by atoms with Crippen LogP contribution in [-0.2, 0) is 4.79 Å². The molecule has 1 N–H and O–H groups in total. The van der Waals surface area contributed by atoms with E-state index in [1.54, 1.807) is 5.57 Å². The molecule has 3 aliphatic carbocycles. The van der Waals surface area contributed by atoms with Crippen molar-refractivity contribution in [3.05, 3.63) is 24.3 Å². The summed E-state index contributed by atoms with van der Waals surface area (Å²) >= 11 is 0. The van der Waals surface area contributed by atoms with Gasteiger partial charge in [-0.05, 0) is 62.7 Å². The van der Waals surface area contributed by atoms with E-state index < -0.39 is 11.4 Å². The molecule has 0 bridgehead atoms. The van der Waals surface area contributed by atoms with Gasteiger partial charge in [0.15, 0.2) is 0 Å². The second kappa shape index (κ2) is 4.97. The van der Waals surface area contributed by atoms with E-state index in [9.17, 15) is 9.90 Å². The summed E-state index contributed by atoms with van der Waals surface area (Å²) in [5.74, 6) is 0.322. The molecule has 0 saturated heterocycles. The highest BCUT2D eigenvalue weighted by atomic mass is 16.4. The zero-order chi connectivity index (χ0) is 16.2. The summed E-state index contributed by atoms with van der Waals surface area (Å²) in [7, 11) is 0. The Bertz CT molecular complexity index is 534. The van der Waals surface area contributed by atoms with E-state index in [1.165, 1.54) is 12.8 Å². The molecule has 2 unspecified atom stereocenters. The van der Waals surface area contributed by atoms with Crippen LogP contribution in [0.25, 0.3) is 0 Å². The minimum atomic E-state index is -0.581. The first kappa shape index (κ1) is 15.8. The minimum Gasteiger partial charge on any atom is -0.481 e. The highest BCUT2D eigenvalue weighted by Crippen LogP contribution is 2.63. The molecule has 0 aromatic rings. The highest BCUT2D eigenvalue weighted by Gasteiger charge is 2.58. The molecule has 22 heavy (non-hydrogen) atoms. The molecule has 5 atom stereocenters. The number of hydrogen-bond donors (Lipinski definition) is 1. The molecule has 2 nitrogen and oxygen atoms in total. The molecule has 2 saturated carbocycles. The Kier molecular flexibility index (Phi) is 3.58. The Hall–Kier alpha value is -1.05. The molecule has 3 rings (SSSR count). The number of rotatable bonds is 2. The molecule has 122 valence electrons. The van der Waals surface area contributed by atoms with Crippen molar-refractivity contribution < 1.29 is 9.90 Å². The molecule has 0 radical (unpaired) electrons. The molecule has 3 aliphatic rings. The third-order valence-corrected chi connectivity index (χ3v) is 7.38. The Morgan fingerprint density at radius 2 is 2.00 bits per heavy atom. The number of fused-ring (bicyclic) bond motifs is 3. The topological polar surface area (TPSA) is 37.3 Å². The van der Waals surface area contributed by atoms with Gasteiger partial charge in [0.25, 0.3) is 0 Å². The van der Waals surface area contributed by atoms with Crippen LogP contribution in [-0.4, -0.2) is 11.1 Å². The zero-order valence-electron chi connectivity index (χ0n) is 14.3. The average molecular weight is 302 g/mol. The van der Waals surface area contributed by atoms with Gasteiger partial charge in [0, 0.05) is 5.41 Å². The Balaban J connectivity index is 1.99. The molecule has 0 aromatic heterocycles. The first-order valence-electron chi connectivity index (χ1n) is 8.84. The van der Waals surface area contributed by atoms with Crippen LogP contribution < -0.4 is 0 Å². The van der Waals surface area contributed by atoms with Crippen molar-refractivity contribution in [2.75, 3.05) is 0 Å². The van der Waals surface area contributed by atoms with Gasteiger partial charge in [-0.25, -0.2) is 0 Å². The quantitative estimate of drug-likeness (QED) is 0.711. The van der Waals surface area contributed by atoms with Gasteiger partial charge in [-0.2, -0.15) is 0 Å². The van der Waals surface area contributed by atoms with Crippen LogP contribution in [0.4, 0.5) is 0 Å². The van der Waals surface area contributed by atoms with Crippen molar-refractivity contribution in [2.45, 2.75) is 65.7 Å². The second-order valence-corrected chi connectivity index (χ2v) is 8.69. The van der Waals surface area contributed by atoms with Crippen LogP contribution in [0.1, 0.15) is 65.7 Å². The highest BCUT2D eigenvalue weighted by molar-refractivity contribution is 5.75. The summed E-state index contributed by atoms with van der Waals surface area (Å²) in [5, 5.41) is 9.84. The third-order valence-electron chi connectivity index (χ3n) is 7.38. The normalized spacial score (nSPS) is 47.9. The maximum atomic E-state index is 12.0. The molecule has 0 amide bonds. The molecule has 0 aliphatic heterocycles. The molecule has 0 heterocycles. The third kappa shape index (κ3) is 2.10. The van der Waals surface area contributed by atoms with Crippen molar-refractivity contribution >= 4 is 5.97 Å². The average Bonchev–Trinajstić information content (AvgIpc) is 2.46. The number of carboxylic acid groups (broad SMARTS) is 1. The standard InChI is InChI=1S/C20H30O2/c1-5-18(2)12-9-15-14(13-18)7-8-16-19(15,3)10-6-11-20(16,4)17(21)22/h5,13,15-16H,1,6-12H2,2-4H3,(H,21,22)/t15?,16?,18-,19+,20+/m0/s1. The van der Waals surface area contributed by atoms with Crippen LogP contribution in [0.2, 0.25) is 0 Å². The van der Waals surface area contributed by atoms with E-state index in [2.05, 4.69) is 32.6 Å². The number of allylic oxidation sites excluding steroid dienone is 3. The van der Waals surface area contributed by atoms with E-state index in [0.717, 1.165) is 32.1 Å². The Morgan fingerprint density at radius 3 is 2.64 bits per heavy atom. The smallest absolute Gasteiger partial charge is 0.309 e. The maximum absolute atomic E-state index is 12.0. The molecular weight excluding hydrogens is 272 g/mol. The lowest BCUT2D eigenvalue weighted by atomic mass is 9.45. The first-order chi connectivity index (χ1) is 10.3. The maximum Gasteiger partial charge on any atom is 0.309 e. The van der Waals surface area contributed by atoms with Crippen molar-refractivity contribution in [1.29, 1.82) is 0 Å². The molecule has 0 spiro atoms. The van der Waals surface area contributed by atoms with Crippen molar-refractivity contribution in [3.8, 4) is 0 Å². The van der Waals surface area contributed by atoms with Gasteiger partial charge in [0.05, 0.1) is 5.41 Å². The summed E-state index contributed by atoms with van der Waals surface area (Å²) < 4.78 is 0. The van der Waals surface area contributed by atoms with Crippen molar-refractivity contribution in [3.63, 3.8) is 0 Å². The Labute approximate surface area is 134 Å². The van der Waals surface area contributed by atoms with E-state index in [0.29, 0.717) is 11.8 Å². The van der Waals surface area contributed by atoms with Crippen molar-refractivity contribution in [2.24, 2.45) is 28.1 Å². The van der Waals surface area contributed by atoms with Gasteiger partial charge >= 0.3 is 5.97 Å². The summed E-state index contributed by atoms with van der Waals surface area (Å²) in [6.07, 6.45) is 12.1. The molecule has 2 fully saturated rings. The zero-order valence-corrected chi connectivity index (χ0v) is 14.3. The number of carbonyl (C=O) groups is 1. The SMILES string of the molecule is C=C[C@]1(C)C=C2CCC3[C@](C)(CCC[C@@]3(C)C(=O)O)C2CC1. The Morgan fingerprint density at radius 1 is 1.27 bits per heavy atom. The summed E-state index contributed by atoms with van der Waals surface area (Å²) in [6, 6.07) is 0. The second-order valence-electron chi connectivity index (χ2n) is 8.69. The van der Waals surface area contributed by atoms with Crippen LogP contribution in [0.15, 0.2) is 24.3 Å². The van der Waals surface area contributed by atoms with Gasteiger partial charge in [-0.1, -0.05) is 38.0 Å². The summed E-state index contributed by atoms with van der Waals surface area (Å²) in [4.78, 5) is 12.0.